The molecule has 0 fully saturated rings. The number of aromatic nitrogens is 2. The number of H-pyrrole nitrogens is 1. The fraction of sp³-hybridized carbons (Fsp3) is 0.286. The van der Waals surface area contributed by atoms with Crippen LogP contribution >= 0.6 is 0 Å². The maximum absolute atomic E-state index is 4.22. The predicted molar refractivity (Wildman–Crippen MR) is 108 cm³/mol. The second-order valence-corrected chi connectivity index (χ2v) is 6.17. The van der Waals surface area contributed by atoms with E-state index in [-0.39, 0.29) is 8.39 Å². The molecule has 3 heteroatoms. The number of rotatable bonds is 2. The average Bonchev–Trinajstić information content (AvgIpc) is 3.02. The lowest BCUT2D eigenvalue weighted by molar-refractivity contribution is 0.482. The van der Waals surface area contributed by atoms with E-state index in [0.29, 0.717) is 0 Å². The summed E-state index contributed by atoms with van der Waals surface area (Å²) in [6.07, 6.45) is 11.5. The van der Waals surface area contributed by atoms with Crippen molar-refractivity contribution in [3.05, 3.63) is 60.5 Å². The van der Waals surface area contributed by atoms with E-state index in [1.807, 2.05) is 39.4 Å². The Morgan fingerprint density at radius 3 is 2.71 bits per heavy atom. The van der Waals surface area contributed by atoms with Gasteiger partial charge in [-0.25, -0.2) is 0 Å². The van der Waals surface area contributed by atoms with Crippen LogP contribution in [0.25, 0.3) is 27.4 Å². The zero-order valence-corrected chi connectivity index (χ0v) is 14.9. The van der Waals surface area contributed by atoms with Crippen molar-refractivity contribution in [3.8, 4) is 0 Å². The van der Waals surface area contributed by atoms with Gasteiger partial charge < -0.3 is 10.3 Å². The zero-order valence-electron chi connectivity index (χ0n) is 14.9. The van der Waals surface area contributed by atoms with Crippen LogP contribution in [0.3, 0.4) is 0 Å². The number of pyridine rings is 1. The number of aromatic amines is 1. The number of allylic oxidation sites excluding steroid dienone is 2. The van der Waals surface area contributed by atoms with Crippen LogP contribution in [0.1, 0.15) is 35.6 Å². The smallest absolute Gasteiger partial charge is 0.0495 e. The number of hydrogen-bond donors (Lipinski definition) is 2. The van der Waals surface area contributed by atoms with Gasteiger partial charge in [0.25, 0.3) is 0 Å². The predicted octanol–water partition coefficient (Wildman–Crippen LogP) is 5.56. The molecule has 1 atom stereocenters. The van der Waals surface area contributed by atoms with E-state index >= 15 is 0 Å². The van der Waals surface area contributed by atoms with Gasteiger partial charge in [0.15, 0.2) is 0 Å². The number of likely N-dealkylation sites (N-methyl/N-ethyl adjacent to an activating group) is 1. The number of fused-ring (bicyclic) bond motifs is 3. The number of nitrogens with zero attached hydrogens (tertiary/aromatic N) is 1. The molecule has 1 unspecified atom stereocenters. The monoisotopic (exact) mass is 323 g/mol. The van der Waals surface area contributed by atoms with Gasteiger partial charge in [-0.3, -0.25) is 4.98 Å². The highest BCUT2D eigenvalue weighted by molar-refractivity contribution is 6.07. The Balaban J connectivity index is 0.000000818. The van der Waals surface area contributed by atoms with Crippen molar-refractivity contribution < 1.29 is 2.85 Å². The van der Waals surface area contributed by atoms with E-state index in [1.165, 1.54) is 21.9 Å². The molecule has 1 aromatic carbocycles. The summed E-state index contributed by atoms with van der Waals surface area (Å²) in [6.45, 7) is 6.21. The van der Waals surface area contributed by atoms with E-state index < -0.39 is 0 Å². The van der Waals surface area contributed by atoms with Gasteiger partial charge in [0.05, 0.1) is 0 Å². The van der Waals surface area contributed by atoms with Crippen LogP contribution in [-0.2, 0) is 0 Å². The summed E-state index contributed by atoms with van der Waals surface area (Å²) in [5, 5.41) is 5.76. The summed E-state index contributed by atoms with van der Waals surface area (Å²) >= 11 is 0. The maximum Gasteiger partial charge on any atom is 0.0495 e. The molecule has 2 N–H and O–H groups in total. The van der Waals surface area contributed by atoms with Crippen LogP contribution < -0.4 is 5.32 Å². The largest absolute Gasteiger partial charge is 0.354 e. The number of nitrogens with one attached hydrogen (secondary N) is 2. The molecule has 3 nitrogen and oxygen atoms in total. The van der Waals surface area contributed by atoms with Crippen molar-refractivity contribution in [2.45, 2.75) is 32.7 Å². The molecule has 24 heavy (non-hydrogen) atoms. The second kappa shape index (κ2) is 6.62. The molecule has 128 valence electrons. The van der Waals surface area contributed by atoms with Crippen molar-refractivity contribution in [1.29, 1.82) is 0 Å². The van der Waals surface area contributed by atoms with Crippen LogP contribution in [0.5, 0.6) is 0 Å². The molecular weight excluding hydrogens is 294 g/mol. The topological polar surface area (TPSA) is 40.7 Å². The molecule has 1 aliphatic rings. The summed E-state index contributed by atoms with van der Waals surface area (Å²) in [6, 6.07) is 8.63. The Morgan fingerprint density at radius 2 is 2.00 bits per heavy atom. The molecule has 0 amide bonds. The first-order chi connectivity index (χ1) is 11.7. The van der Waals surface area contributed by atoms with Gasteiger partial charge >= 0.3 is 0 Å². The van der Waals surface area contributed by atoms with Crippen molar-refractivity contribution in [3.63, 3.8) is 0 Å². The summed E-state index contributed by atoms with van der Waals surface area (Å²) in [5.74, 6) is 0. The van der Waals surface area contributed by atoms with E-state index in [4.69, 9.17) is 0 Å². The first-order valence-corrected chi connectivity index (χ1v) is 8.63. The Hall–Kier alpha value is -2.39. The van der Waals surface area contributed by atoms with E-state index in [0.717, 1.165) is 17.5 Å². The van der Waals surface area contributed by atoms with Crippen LogP contribution in [0.15, 0.2) is 54.9 Å². The van der Waals surface area contributed by atoms with Gasteiger partial charge in [-0.05, 0) is 43.7 Å². The molecule has 2 heterocycles. The van der Waals surface area contributed by atoms with Gasteiger partial charge in [0.2, 0.25) is 0 Å². The van der Waals surface area contributed by atoms with Gasteiger partial charge in [-0.15, -0.1) is 0 Å². The van der Waals surface area contributed by atoms with Gasteiger partial charge in [-0.2, -0.15) is 0 Å². The van der Waals surface area contributed by atoms with Crippen LogP contribution in [-0.4, -0.2) is 22.6 Å². The molecule has 4 rings (SSSR count). The lowest BCUT2D eigenvalue weighted by atomic mass is 9.88. The maximum atomic E-state index is 4.22. The highest BCUT2D eigenvalue weighted by Gasteiger charge is 2.20. The van der Waals surface area contributed by atoms with Crippen molar-refractivity contribution in [1.82, 2.24) is 15.3 Å². The summed E-state index contributed by atoms with van der Waals surface area (Å²) in [7, 11) is 2.01. The Labute approximate surface area is 146 Å². The fourth-order valence-corrected chi connectivity index (χ4v) is 3.06. The Kier molecular flexibility index (Phi) is 4.54. The highest BCUT2D eigenvalue weighted by atomic mass is 14.9. The van der Waals surface area contributed by atoms with E-state index in [9.17, 15) is 0 Å². The molecule has 0 saturated carbocycles. The summed E-state index contributed by atoms with van der Waals surface area (Å²) in [5.41, 5.74) is 4.91. The molecule has 0 saturated heterocycles. The van der Waals surface area contributed by atoms with Gasteiger partial charge in [-0.1, -0.05) is 44.2 Å². The molecule has 3 aromatic rings. The molecular formula is C21H29N3. The summed E-state index contributed by atoms with van der Waals surface area (Å²) < 4.78 is 0. The number of benzene rings is 1. The number of hydrogen-bond acceptors (Lipinski definition) is 2. The molecule has 2 aromatic heterocycles. The zero-order chi connectivity index (χ0) is 17.2. The van der Waals surface area contributed by atoms with E-state index in [1.54, 1.807) is 0 Å². The average molecular weight is 323 g/mol. The van der Waals surface area contributed by atoms with Gasteiger partial charge in [0.1, 0.15) is 0 Å². The molecule has 0 spiro atoms. The minimum absolute atomic E-state index is 0. The van der Waals surface area contributed by atoms with E-state index in [2.05, 4.69) is 58.6 Å². The second-order valence-electron chi connectivity index (χ2n) is 6.17. The van der Waals surface area contributed by atoms with Crippen LogP contribution in [0.2, 0.25) is 0 Å². The minimum atomic E-state index is 0. The van der Waals surface area contributed by atoms with Crippen molar-refractivity contribution in [2.24, 2.45) is 0 Å². The standard InChI is InChI=1S/C19H19N3.C2H6.2H2/c1-19(20-2)8-5-13(6-9-19)14-3-4-15-16-12-21-10-7-17(16)22-18(15)11-14;1-2;;/h3-8,10-12,20,22H,9H2,1-2H3;1-2H3;2*1H. The third kappa shape index (κ3) is 2.87. The highest BCUT2D eigenvalue weighted by Crippen LogP contribution is 2.30. The lowest BCUT2D eigenvalue weighted by Gasteiger charge is -2.27. The minimum Gasteiger partial charge on any atom is -0.354 e. The molecule has 0 aliphatic heterocycles. The van der Waals surface area contributed by atoms with Crippen LogP contribution in [0, 0.1) is 0 Å². The SMILES string of the molecule is CC.CNC1(C)C=CC(c2ccc3c(c2)[nH]c2ccncc23)=CC1.[HH].[HH]. The third-order valence-electron chi connectivity index (χ3n) is 4.68. The quantitative estimate of drug-likeness (QED) is 0.648. The first kappa shape index (κ1) is 16.5. The molecule has 1 aliphatic carbocycles. The Bertz CT molecular complexity index is 927. The van der Waals surface area contributed by atoms with Gasteiger partial charge in [0, 0.05) is 42.6 Å². The van der Waals surface area contributed by atoms with Crippen LogP contribution in [0.4, 0.5) is 0 Å². The fourth-order valence-electron chi connectivity index (χ4n) is 3.06. The first-order valence-electron chi connectivity index (χ1n) is 8.63. The van der Waals surface area contributed by atoms with Crippen molar-refractivity contribution >= 4 is 27.4 Å². The third-order valence-corrected chi connectivity index (χ3v) is 4.68. The lowest BCUT2D eigenvalue weighted by Crippen LogP contribution is -2.37. The summed E-state index contributed by atoms with van der Waals surface area (Å²) in [4.78, 5) is 7.70. The molecule has 0 bridgehead atoms. The Morgan fingerprint density at radius 1 is 1.17 bits per heavy atom. The van der Waals surface area contributed by atoms with Crippen molar-refractivity contribution in [2.75, 3.05) is 7.05 Å². The normalized spacial score (nSPS) is 19.9. The molecule has 0 radical (unpaired) electrons.